The van der Waals surface area contributed by atoms with Crippen LogP contribution in [-0.4, -0.2) is 72.4 Å². The van der Waals surface area contributed by atoms with Gasteiger partial charge in [0.1, 0.15) is 0 Å². The van der Waals surface area contributed by atoms with E-state index in [0.717, 1.165) is 4.88 Å². The van der Waals surface area contributed by atoms with Gasteiger partial charge in [-0.15, -0.1) is 11.3 Å². The van der Waals surface area contributed by atoms with Crippen LogP contribution in [0.5, 0.6) is 0 Å². The number of nitrogens with one attached hydrogen (secondary N) is 1. The van der Waals surface area contributed by atoms with Gasteiger partial charge < -0.3 is 29.7 Å². The summed E-state index contributed by atoms with van der Waals surface area (Å²) >= 11 is 1.43. The minimum absolute atomic E-state index is 0.0554. The number of rotatable bonds is 5. The van der Waals surface area contributed by atoms with Gasteiger partial charge in [-0.3, -0.25) is 9.59 Å². The summed E-state index contributed by atoms with van der Waals surface area (Å²) in [5.41, 5.74) is 0. The van der Waals surface area contributed by atoms with Gasteiger partial charge in [-0.1, -0.05) is 6.07 Å². The molecule has 136 valence electrons. The predicted octanol–water partition coefficient (Wildman–Crippen LogP) is -0.263. The van der Waals surface area contributed by atoms with E-state index in [9.17, 15) is 19.4 Å². The molecule has 0 aliphatic carbocycles. The maximum atomic E-state index is 12.1. The molecule has 0 spiro atoms. The molecule has 0 saturated carbocycles. The van der Waals surface area contributed by atoms with Gasteiger partial charge in [0.15, 0.2) is 0 Å². The molecule has 2 atom stereocenters. The molecule has 1 saturated heterocycles. The number of ether oxygens (including phenoxy) is 1. The third-order valence-electron chi connectivity index (χ3n) is 3.61. The average Bonchev–Trinajstić information content (AvgIpc) is 2.99. The van der Waals surface area contributed by atoms with Crippen molar-refractivity contribution in [3.05, 3.63) is 22.4 Å². The summed E-state index contributed by atoms with van der Waals surface area (Å²) in [6.45, 7) is -0.118. The van der Waals surface area contributed by atoms with Crippen LogP contribution in [0.3, 0.4) is 0 Å². The van der Waals surface area contributed by atoms with Crippen LogP contribution in [-0.2, 0) is 25.4 Å². The summed E-state index contributed by atoms with van der Waals surface area (Å²) < 4.78 is 9.97. The Bertz CT molecular complexity index is 612. The fourth-order valence-corrected chi connectivity index (χ4v) is 3.22. The second-order valence-electron chi connectivity index (χ2n) is 5.55. The number of thiophene rings is 1. The van der Waals surface area contributed by atoms with Crippen molar-refractivity contribution in [3.63, 3.8) is 0 Å². The van der Waals surface area contributed by atoms with Gasteiger partial charge in [0, 0.05) is 18.0 Å². The van der Waals surface area contributed by atoms with E-state index in [1.54, 1.807) is 0 Å². The van der Waals surface area contributed by atoms with Gasteiger partial charge in [-0.05, 0) is 11.4 Å². The lowest BCUT2D eigenvalue weighted by Crippen LogP contribution is -2.53. The number of carbonyl (C=O) groups excluding carboxylic acids is 2. The number of methoxy groups -OCH3 is 1. The molecule has 2 rings (SSSR count). The van der Waals surface area contributed by atoms with Crippen LogP contribution < -0.4 is 5.32 Å². The highest BCUT2D eigenvalue weighted by Gasteiger charge is 2.39. The summed E-state index contributed by atoms with van der Waals surface area (Å²) in [5.74, 6) is -2.36. The fourth-order valence-electron chi connectivity index (χ4n) is 2.51. The van der Waals surface area contributed by atoms with Crippen LogP contribution in [0, 0.1) is 0 Å². The largest absolute Gasteiger partial charge is 0.481 e. The SMILES string of the molecule is COC(=O)N1CC(CC(=O)O)OB(O)[C@@H](NC(=O)Cc2cccs2)C1. The Balaban J connectivity index is 2.05. The van der Waals surface area contributed by atoms with E-state index in [4.69, 9.17) is 9.76 Å². The zero-order valence-electron chi connectivity index (χ0n) is 13.6. The topological polar surface area (TPSA) is 125 Å². The molecule has 1 aromatic heterocycles. The highest BCUT2D eigenvalue weighted by molar-refractivity contribution is 7.10. The van der Waals surface area contributed by atoms with E-state index in [-0.39, 0.29) is 31.8 Å². The van der Waals surface area contributed by atoms with Crippen molar-refractivity contribution in [2.45, 2.75) is 24.9 Å². The minimum atomic E-state index is -1.44. The molecular weight excluding hydrogens is 351 g/mol. The molecule has 1 fully saturated rings. The van der Waals surface area contributed by atoms with Gasteiger partial charge in [0.05, 0.1) is 32.0 Å². The summed E-state index contributed by atoms with van der Waals surface area (Å²) in [5, 5.41) is 23.6. The van der Waals surface area contributed by atoms with Crippen LogP contribution in [0.4, 0.5) is 4.79 Å². The summed E-state index contributed by atoms with van der Waals surface area (Å²) in [6.07, 6.45) is -1.85. The number of amides is 2. The number of hydrogen-bond donors (Lipinski definition) is 3. The predicted molar refractivity (Wildman–Crippen MR) is 89.0 cm³/mol. The van der Waals surface area contributed by atoms with Crippen LogP contribution in [0.15, 0.2) is 17.5 Å². The molecule has 11 heteroatoms. The Hall–Kier alpha value is -2.11. The Labute approximate surface area is 148 Å². The molecule has 25 heavy (non-hydrogen) atoms. The van der Waals surface area contributed by atoms with Crippen molar-refractivity contribution in [2.24, 2.45) is 0 Å². The maximum Gasteiger partial charge on any atom is 0.480 e. The monoisotopic (exact) mass is 370 g/mol. The van der Waals surface area contributed by atoms with E-state index in [1.165, 1.54) is 23.3 Å². The summed E-state index contributed by atoms with van der Waals surface area (Å²) in [6, 6.07) is 3.64. The molecule has 1 aliphatic heterocycles. The smallest absolute Gasteiger partial charge is 0.480 e. The van der Waals surface area contributed by atoms with E-state index < -0.39 is 31.2 Å². The van der Waals surface area contributed by atoms with Crippen LogP contribution in [0.2, 0.25) is 0 Å². The Morgan fingerprint density at radius 1 is 1.48 bits per heavy atom. The molecule has 1 aromatic rings. The van der Waals surface area contributed by atoms with Crippen molar-refractivity contribution in [2.75, 3.05) is 20.2 Å². The quantitative estimate of drug-likeness (QED) is 0.610. The van der Waals surface area contributed by atoms with Gasteiger partial charge in [-0.25, -0.2) is 4.79 Å². The van der Waals surface area contributed by atoms with Crippen LogP contribution in [0.25, 0.3) is 0 Å². The molecule has 0 radical (unpaired) electrons. The second-order valence-corrected chi connectivity index (χ2v) is 6.58. The number of carboxylic acid groups (broad SMARTS) is 1. The fraction of sp³-hybridized carbons (Fsp3) is 0.500. The first kappa shape index (κ1) is 19.2. The van der Waals surface area contributed by atoms with Crippen molar-refractivity contribution in [1.82, 2.24) is 10.2 Å². The lowest BCUT2D eigenvalue weighted by Gasteiger charge is -2.24. The summed E-state index contributed by atoms with van der Waals surface area (Å²) in [7, 11) is -0.243. The molecule has 9 nitrogen and oxygen atoms in total. The molecule has 3 N–H and O–H groups in total. The summed E-state index contributed by atoms with van der Waals surface area (Å²) in [4.78, 5) is 37.0. The Kier molecular flexibility index (Phi) is 6.79. The molecule has 2 heterocycles. The first-order chi connectivity index (χ1) is 11.9. The lowest BCUT2D eigenvalue weighted by molar-refractivity contribution is -0.139. The molecule has 1 aliphatic rings. The van der Waals surface area contributed by atoms with Crippen LogP contribution in [0.1, 0.15) is 11.3 Å². The number of aliphatic carboxylic acids is 1. The van der Waals surface area contributed by atoms with Gasteiger partial charge >= 0.3 is 19.2 Å². The Morgan fingerprint density at radius 2 is 2.24 bits per heavy atom. The number of carboxylic acids is 1. The van der Waals surface area contributed by atoms with Crippen molar-refractivity contribution >= 4 is 36.4 Å². The molecule has 0 bridgehead atoms. The molecule has 1 unspecified atom stereocenters. The maximum absolute atomic E-state index is 12.1. The second kappa shape index (κ2) is 8.83. The normalized spacial score (nSPS) is 20.7. The highest BCUT2D eigenvalue weighted by atomic mass is 32.1. The zero-order chi connectivity index (χ0) is 18.4. The standard InChI is InChI=1S/C14H19BN2O7S/c1-23-14(21)17-7-9(5-13(19)20)24-15(22)11(8-17)16-12(18)6-10-3-2-4-25-10/h2-4,9,11,22H,5-8H2,1H3,(H,16,18)(H,19,20)/t9?,11-/m0/s1. The van der Waals surface area contributed by atoms with E-state index in [0.29, 0.717) is 0 Å². The molecule has 0 aromatic carbocycles. The zero-order valence-corrected chi connectivity index (χ0v) is 14.4. The van der Waals surface area contributed by atoms with E-state index >= 15 is 0 Å². The first-order valence-corrected chi connectivity index (χ1v) is 8.47. The van der Waals surface area contributed by atoms with Gasteiger partial charge in [-0.2, -0.15) is 0 Å². The van der Waals surface area contributed by atoms with Gasteiger partial charge in [0.2, 0.25) is 5.91 Å². The highest BCUT2D eigenvalue weighted by Crippen LogP contribution is 2.14. The first-order valence-electron chi connectivity index (χ1n) is 7.59. The third kappa shape index (κ3) is 5.73. The van der Waals surface area contributed by atoms with Crippen LogP contribution >= 0.6 is 11.3 Å². The third-order valence-corrected chi connectivity index (χ3v) is 4.49. The van der Waals surface area contributed by atoms with E-state index in [2.05, 4.69) is 10.1 Å². The van der Waals surface area contributed by atoms with Gasteiger partial charge in [0.25, 0.3) is 0 Å². The minimum Gasteiger partial charge on any atom is -0.481 e. The number of hydrogen-bond acceptors (Lipinski definition) is 7. The van der Waals surface area contributed by atoms with E-state index in [1.807, 2.05) is 17.5 Å². The lowest BCUT2D eigenvalue weighted by atomic mass is 9.78. The van der Waals surface area contributed by atoms with Crippen molar-refractivity contribution < 1.29 is 33.9 Å². The Morgan fingerprint density at radius 3 is 2.84 bits per heavy atom. The van der Waals surface area contributed by atoms with Crippen molar-refractivity contribution in [3.8, 4) is 0 Å². The number of carbonyl (C=O) groups is 3. The molecule has 2 amide bonds. The number of nitrogens with zero attached hydrogens (tertiary/aromatic N) is 1. The van der Waals surface area contributed by atoms with Crippen molar-refractivity contribution in [1.29, 1.82) is 0 Å². The molecular formula is C14H19BN2O7S. The average molecular weight is 370 g/mol.